The number of benzene rings is 2. The lowest BCUT2D eigenvalue weighted by Gasteiger charge is -2.03. The minimum atomic E-state index is -0.632. The van der Waals surface area contributed by atoms with E-state index in [1.807, 2.05) is 0 Å². The van der Waals surface area contributed by atoms with Gasteiger partial charge in [0.15, 0.2) is 0 Å². The molecule has 0 aliphatic carbocycles. The lowest BCUT2D eigenvalue weighted by atomic mass is 10.1. The number of fused-ring (bicyclic) bond motifs is 1. The molecule has 6 nitrogen and oxygen atoms in total. The second-order valence-corrected chi connectivity index (χ2v) is 4.85. The van der Waals surface area contributed by atoms with Gasteiger partial charge in [-0.25, -0.2) is 4.79 Å². The van der Waals surface area contributed by atoms with Gasteiger partial charge in [0.2, 0.25) is 0 Å². The number of hydrogen-bond donors (Lipinski definition) is 2. The fourth-order valence-electron chi connectivity index (χ4n) is 2.16. The predicted octanol–water partition coefficient (Wildman–Crippen LogP) is 1.59. The van der Waals surface area contributed by atoms with Crippen molar-refractivity contribution in [3.63, 3.8) is 0 Å². The Morgan fingerprint density at radius 3 is 2.73 bits per heavy atom. The van der Waals surface area contributed by atoms with Crippen molar-refractivity contribution in [1.29, 1.82) is 0 Å². The molecule has 6 heteroatoms. The highest BCUT2D eigenvalue weighted by Crippen LogP contribution is 2.19. The van der Waals surface area contributed by atoms with Crippen LogP contribution in [0.15, 0.2) is 57.2 Å². The molecule has 110 valence electrons. The van der Waals surface area contributed by atoms with E-state index < -0.39 is 11.2 Å². The molecule has 2 aromatic carbocycles. The van der Waals surface area contributed by atoms with E-state index >= 15 is 0 Å². The molecule has 0 unspecified atom stereocenters. The number of aromatic nitrogens is 2. The van der Waals surface area contributed by atoms with Gasteiger partial charge in [-0.05, 0) is 30.7 Å². The lowest BCUT2D eigenvalue weighted by molar-refractivity contribution is 0.470. The summed E-state index contributed by atoms with van der Waals surface area (Å²) < 4.78 is 0.740. The van der Waals surface area contributed by atoms with Crippen molar-refractivity contribution in [2.24, 2.45) is 5.10 Å². The summed E-state index contributed by atoms with van der Waals surface area (Å²) in [5.74, 6) is 0.0662. The van der Waals surface area contributed by atoms with Crippen LogP contribution in [0.2, 0.25) is 0 Å². The van der Waals surface area contributed by atoms with Crippen LogP contribution in [0, 0.1) is 6.92 Å². The van der Waals surface area contributed by atoms with E-state index in [9.17, 15) is 14.7 Å². The summed E-state index contributed by atoms with van der Waals surface area (Å²) in [4.78, 5) is 26.8. The van der Waals surface area contributed by atoms with Gasteiger partial charge in [0.1, 0.15) is 5.75 Å². The van der Waals surface area contributed by atoms with Crippen LogP contribution in [0.1, 0.15) is 11.1 Å². The maximum absolute atomic E-state index is 12.3. The van der Waals surface area contributed by atoms with Crippen LogP contribution in [-0.2, 0) is 0 Å². The SMILES string of the molecule is Cc1cccc(C=Nn2c(=O)[nH]c3ccccc3c2=O)c1O. The van der Waals surface area contributed by atoms with Gasteiger partial charge in [0.25, 0.3) is 5.56 Å². The Morgan fingerprint density at radius 1 is 1.14 bits per heavy atom. The average molecular weight is 295 g/mol. The molecule has 0 bridgehead atoms. The zero-order valence-corrected chi connectivity index (χ0v) is 11.8. The molecule has 0 saturated heterocycles. The highest BCUT2D eigenvalue weighted by molar-refractivity contribution is 5.84. The average Bonchev–Trinajstić information content (AvgIpc) is 2.51. The molecule has 0 spiro atoms. The molecule has 0 radical (unpaired) electrons. The fourth-order valence-corrected chi connectivity index (χ4v) is 2.16. The number of nitrogens with zero attached hydrogens (tertiary/aromatic N) is 2. The zero-order valence-electron chi connectivity index (χ0n) is 11.8. The van der Waals surface area contributed by atoms with Crippen LogP contribution >= 0.6 is 0 Å². The standard InChI is InChI=1S/C16H13N3O3/c1-10-5-4-6-11(14(10)20)9-17-19-15(21)12-7-2-3-8-13(12)18-16(19)22/h2-9,20H,1H3,(H,18,22). The molecule has 0 aliphatic rings. The van der Waals surface area contributed by atoms with E-state index in [1.54, 1.807) is 49.4 Å². The quantitative estimate of drug-likeness (QED) is 0.704. The maximum atomic E-state index is 12.3. The van der Waals surface area contributed by atoms with E-state index in [0.717, 1.165) is 4.68 Å². The first-order chi connectivity index (χ1) is 10.6. The highest BCUT2D eigenvalue weighted by atomic mass is 16.3. The van der Waals surface area contributed by atoms with E-state index in [1.165, 1.54) is 6.21 Å². The predicted molar refractivity (Wildman–Crippen MR) is 84.7 cm³/mol. The number of H-pyrrole nitrogens is 1. The van der Waals surface area contributed by atoms with Crippen molar-refractivity contribution in [3.8, 4) is 5.75 Å². The van der Waals surface area contributed by atoms with Crippen LogP contribution in [0.5, 0.6) is 5.75 Å². The van der Waals surface area contributed by atoms with Crippen molar-refractivity contribution in [1.82, 2.24) is 9.66 Å². The Hall–Kier alpha value is -3.15. The first-order valence-corrected chi connectivity index (χ1v) is 6.65. The first-order valence-electron chi connectivity index (χ1n) is 6.65. The van der Waals surface area contributed by atoms with Crippen LogP contribution in [0.25, 0.3) is 10.9 Å². The second kappa shape index (κ2) is 5.33. The molecule has 0 atom stereocenters. The number of para-hydroxylation sites is 2. The smallest absolute Gasteiger partial charge is 0.349 e. The maximum Gasteiger partial charge on any atom is 0.349 e. The molecule has 3 aromatic rings. The van der Waals surface area contributed by atoms with Gasteiger partial charge in [-0.2, -0.15) is 5.10 Å². The summed E-state index contributed by atoms with van der Waals surface area (Å²) in [5.41, 5.74) is 0.431. The van der Waals surface area contributed by atoms with Crippen molar-refractivity contribution in [3.05, 3.63) is 74.4 Å². The molecule has 0 fully saturated rings. The Morgan fingerprint density at radius 2 is 1.91 bits per heavy atom. The monoisotopic (exact) mass is 295 g/mol. The number of hydrogen-bond acceptors (Lipinski definition) is 4. The van der Waals surface area contributed by atoms with Crippen LogP contribution in [-0.4, -0.2) is 21.0 Å². The first kappa shape index (κ1) is 13.8. The Balaban J connectivity index is 2.15. The van der Waals surface area contributed by atoms with Crippen molar-refractivity contribution in [2.45, 2.75) is 6.92 Å². The number of aromatic hydroxyl groups is 1. The summed E-state index contributed by atoms with van der Waals surface area (Å²) in [6.07, 6.45) is 1.29. The molecule has 0 amide bonds. The fraction of sp³-hybridized carbons (Fsp3) is 0.0625. The van der Waals surface area contributed by atoms with Crippen LogP contribution in [0.4, 0.5) is 0 Å². The number of phenols is 1. The normalized spacial score (nSPS) is 11.3. The van der Waals surface area contributed by atoms with Crippen LogP contribution < -0.4 is 11.2 Å². The number of aryl methyl sites for hydroxylation is 1. The number of aromatic amines is 1. The number of phenolic OH excluding ortho intramolecular Hbond substituents is 1. The largest absolute Gasteiger partial charge is 0.507 e. The summed E-state index contributed by atoms with van der Waals surface area (Å²) in [6, 6.07) is 11.9. The van der Waals surface area contributed by atoms with E-state index in [-0.39, 0.29) is 5.75 Å². The molecule has 2 N–H and O–H groups in total. The third-order valence-electron chi connectivity index (χ3n) is 3.37. The number of nitrogens with one attached hydrogen (secondary N) is 1. The number of rotatable bonds is 2. The highest BCUT2D eigenvalue weighted by Gasteiger charge is 2.06. The van der Waals surface area contributed by atoms with Gasteiger partial charge < -0.3 is 10.1 Å². The molecule has 0 saturated carbocycles. The topological polar surface area (TPSA) is 87.5 Å². The minimum absolute atomic E-state index is 0.0662. The van der Waals surface area contributed by atoms with Gasteiger partial charge in [0.05, 0.1) is 17.1 Å². The molecular weight excluding hydrogens is 282 g/mol. The van der Waals surface area contributed by atoms with Gasteiger partial charge in [-0.15, -0.1) is 4.68 Å². The zero-order chi connectivity index (χ0) is 15.7. The molecule has 22 heavy (non-hydrogen) atoms. The summed E-state index contributed by atoms with van der Waals surface area (Å²) in [7, 11) is 0. The Kier molecular flexibility index (Phi) is 3.34. The molecule has 1 aromatic heterocycles. The van der Waals surface area contributed by atoms with Crippen LogP contribution in [0.3, 0.4) is 0 Å². The van der Waals surface area contributed by atoms with E-state index in [0.29, 0.717) is 22.0 Å². The minimum Gasteiger partial charge on any atom is -0.507 e. The van der Waals surface area contributed by atoms with Gasteiger partial charge in [-0.3, -0.25) is 4.79 Å². The van der Waals surface area contributed by atoms with Gasteiger partial charge >= 0.3 is 5.69 Å². The Labute approximate surface area is 125 Å². The third kappa shape index (κ3) is 2.31. The molecule has 1 heterocycles. The van der Waals surface area contributed by atoms with Crippen molar-refractivity contribution < 1.29 is 5.11 Å². The summed E-state index contributed by atoms with van der Waals surface area (Å²) in [6.45, 7) is 1.75. The molecule has 3 rings (SSSR count). The third-order valence-corrected chi connectivity index (χ3v) is 3.37. The molecular formula is C16H13N3O3. The lowest BCUT2D eigenvalue weighted by Crippen LogP contribution is -2.32. The van der Waals surface area contributed by atoms with E-state index in [4.69, 9.17) is 0 Å². The van der Waals surface area contributed by atoms with E-state index in [2.05, 4.69) is 10.1 Å². The second-order valence-electron chi connectivity index (χ2n) is 4.85. The van der Waals surface area contributed by atoms with Crippen molar-refractivity contribution in [2.75, 3.05) is 0 Å². The van der Waals surface area contributed by atoms with Gasteiger partial charge in [0, 0.05) is 5.56 Å². The Bertz CT molecular complexity index is 999. The van der Waals surface area contributed by atoms with Gasteiger partial charge in [-0.1, -0.05) is 24.3 Å². The summed E-state index contributed by atoms with van der Waals surface area (Å²) in [5, 5.41) is 14.2. The molecule has 0 aliphatic heterocycles. The van der Waals surface area contributed by atoms with Crippen molar-refractivity contribution >= 4 is 17.1 Å². The summed E-state index contributed by atoms with van der Waals surface area (Å²) >= 11 is 0.